The Balaban J connectivity index is 1.79. The molecule has 0 radical (unpaired) electrons. The number of fused-ring (bicyclic) bond motifs is 1. The van der Waals surface area contributed by atoms with Gasteiger partial charge in [-0.2, -0.15) is 10.2 Å². The Hall–Kier alpha value is -3.27. The van der Waals surface area contributed by atoms with Crippen molar-refractivity contribution < 1.29 is 13.6 Å². The van der Waals surface area contributed by atoms with E-state index in [2.05, 4.69) is 20.6 Å². The number of carbonyl (C=O) groups excluding carboxylic acids is 1. The van der Waals surface area contributed by atoms with E-state index in [4.69, 9.17) is 11.6 Å². The molecule has 1 amide bonds. The van der Waals surface area contributed by atoms with Gasteiger partial charge in [0.15, 0.2) is 5.69 Å². The van der Waals surface area contributed by atoms with Crippen molar-refractivity contribution in [3.8, 4) is 0 Å². The first-order valence-electron chi connectivity index (χ1n) is 10.4. The van der Waals surface area contributed by atoms with Crippen LogP contribution in [0.3, 0.4) is 0 Å². The molecule has 0 fully saturated rings. The Labute approximate surface area is 193 Å². The van der Waals surface area contributed by atoms with E-state index in [0.717, 1.165) is 11.3 Å². The zero-order chi connectivity index (χ0) is 23.9. The monoisotopic (exact) mass is 476 g/mol. The van der Waals surface area contributed by atoms with Crippen LogP contribution in [0.15, 0.2) is 29.2 Å². The zero-order valence-electron chi connectivity index (χ0n) is 18.3. The molecule has 1 aromatic carbocycles. The Morgan fingerprint density at radius 2 is 2.15 bits per heavy atom. The van der Waals surface area contributed by atoms with Crippen LogP contribution in [0.1, 0.15) is 51.8 Å². The zero-order valence-corrected chi connectivity index (χ0v) is 19.1. The Morgan fingerprint density at radius 1 is 1.39 bits per heavy atom. The van der Waals surface area contributed by atoms with Gasteiger partial charge in [-0.15, -0.1) is 0 Å². The summed E-state index contributed by atoms with van der Waals surface area (Å²) >= 11 is 6.22. The summed E-state index contributed by atoms with van der Waals surface area (Å²) in [7, 11) is 1.50. The average Bonchev–Trinajstić information content (AvgIpc) is 3.12. The number of benzene rings is 1. The van der Waals surface area contributed by atoms with Crippen molar-refractivity contribution in [3.63, 3.8) is 0 Å². The van der Waals surface area contributed by atoms with Gasteiger partial charge in [0.1, 0.15) is 5.02 Å². The summed E-state index contributed by atoms with van der Waals surface area (Å²) in [5.74, 6) is -0.382. The van der Waals surface area contributed by atoms with Gasteiger partial charge < -0.3 is 10.2 Å². The number of aromatic amines is 1. The lowest BCUT2D eigenvalue weighted by molar-refractivity contribution is 0.0956. The molecule has 3 aromatic rings. The van der Waals surface area contributed by atoms with Gasteiger partial charge >= 0.3 is 0 Å². The lowest BCUT2D eigenvalue weighted by atomic mass is 9.98. The van der Waals surface area contributed by atoms with Crippen LogP contribution in [0, 0.1) is 6.92 Å². The molecule has 0 saturated carbocycles. The topological polar surface area (TPSA) is 95.9 Å². The minimum atomic E-state index is -2.62. The number of rotatable bonds is 5. The number of nitrogens with zero attached hydrogens (tertiary/aromatic N) is 4. The van der Waals surface area contributed by atoms with E-state index in [-0.39, 0.29) is 41.3 Å². The summed E-state index contributed by atoms with van der Waals surface area (Å²) in [6.45, 7) is 4.09. The maximum atomic E-state index is 13.7. The van der Waals surface area contributed by atoms with E-state index in [1.165, 1.54) is 19.3 Å². The summed E-state index contributed by atoms with van der Waals surface area (Å²) in [4.78, 5) is 26.4. The van der Waals surface area contributed by atoms with Crippen molar-refractivity contribution in [1.82, 2.24) is 25.3 Å². The fraction of sp³-hybridized carbons (Fsp3) is 0.364. The molecule has 8 nitrogen and oxygen atoms in total. The van der Waals surface area contributed by atoms with Gasteiger partial charge in [-0.3, -0.25) is 14.3 Å². The molecular weight excluding hydrogens is 454 g/mol. The van der Waals surface area contributed by atoms with Crippen molar-refractivity contribution >= 4 is 23.2 Å². The molecule has 0 aliphatic carbocycles. The van der Waals surface area contributed by atoms with Crippen molar-refractivity contribution in [3.05, 3.63) is 73.4 Å². The molecule has 0 unspecified atom stereocenters. The fourth-order valence-electron chi connectivity index (χ4n) is 4.20. The number of anilines is 1. The minimum Gasteiger partial charge on any atom is -0.361 e. The second kappa shape index (κ2) is 8.93. The molecule has 0 saturated heterocycles. The summed E-state index contributed by atoms with van der Waals surface area (Å²) in [6, 6.07) is 4.81. The molecule has 4 rings (SSSR count). The molecule has 1 atom stereocenters. The number of nitrogens with one attached hydrogen (secondary N) is 2. The van der Waals surface area contributed by atoms with Crippen molar-refractivity contribution in [1.29, 1.82) is 0 Å². The maximum Gasteiger partial charge on any atom is 0.285 e. The number of hydrogen-bond donors (Lipinski definition) is 2. The molecule has 3 heterocycles. The van der Waals surface area contributed by atoms with E-state index >= 15 is 0 Å². The highest BCUT2D eigenvalue weighted by atomic mass is 35.5. The third-order valence-corrected chi connectivity index (χ3v) is 6.27. The van der Waals surface area contributed by atoms with Gasteiger partial charge in [0, 0.05) is 42.9 Å². The summed E-state index contributed by atoms with van der Waals surface area (Å²) in [5.41, 5.74) is 2.75. The number of aromatic nitrogens is 4. The van der Waals surface area contributed by atoms with Crippen molar-refractivity contribution in [2.24, 2.45) is 0 Å². The largest absolute Gasteiger partial charge is 0.361 e. The number of H-pyrrole nitrogens is 1. The van der Waals surface area contributed by atoms with Crippen LogP contribution >= 0.6 is 11.6 Å². The smallest absolute Gasteiger partial charge is 0.285 e. The van der Waals surface area contributed by atoms with Crippen molar-refractivity contribution in [2.45, 2.75) is 45.8 Å². The standard InChI is InChI=1S/C22H23ClF2N6O2/c1-11-4-5-13(14(6-11)20(24)25)9-31-16-7-12(2)30(17-8-27-28-21(32)18(17)23)10-15(16)19(29-31)22(33)26-3/h4-6,8,12,20H,7,9-10H2,1-3H3,(H,26,33)(H,28,32)/t12-/m1/s1. The molecule has 2 N–H and O–H groups in total. The number of halogens is 3. The van der Waals surface area contributed by atoms with Gasteiger partial charge in [0.05, 0.1) is 18.4 Å². The number of aryl methyl sites for hydroxylation is 1. The highest BCUT2D eigenvalue weighted by Gasteiger charge is 2.33. The highest BCUT2D eigenvalue weighted by molar-refractivity contribution is 6.33. The molecule has 0 spiro atoms. The molecule has 1 aliphatic heterocycles. The van der Waals surface area contributed by atoms with Crippen LogP contribution in [0.25, 0.3) is 0 Å². The van der Waals surface area contributed by atoms with Gasteiger partial charge in [0.2, 0.25) is 0 Å². The normalized spacial score (nSPS) is 15.6. The van der Waals surface area contributed by atoms with Crippen LogP contribution in [0.2, 0.25) is 5.02 Å². The van der Waals surface area contributed by atoms with E-state index in [0.29, 0.717) is 23.2 Å². The summed E-state index contributed by atoms with van der Waals surface area (Å²) in [5, 5.41) is 13.2. The lowest BCUT2D eigenvalue weighted by Crippen LogP contribution is -2.40. The van der Waals surface area contributed by atoms with Crippen LogP contribution in [0.4, 0.5) is 14.5 Å². The highest BCUT2D eigenvalue weighted by Crippen LogP contribution is 2.33. The van der Waals surface area contributed by atoms with Crippen LogP contribution in [-0.4, -0.2) is 39.0 Å². The minimum absolute atomic E-state index is 0.00964. The average molecular weight is 477 g/mol. The Morgan fingerprint density at radius 3 is 2.85 bits per heavy atom. The number of amides is 1. The van der Waals surface area contributed by atoms with Gasteiger partial charge in [-0.05, 0) is 19.4 Å². The van der Waals surface area contributed by atoms with Gasteiger partial charge in [-0.1, -0.05) is 35.4 Å². The van der Waals surface area contributed by atoms with E-state index in [1.807, 2.05) is 11.8 Å². The Kier molecular flexibility index (Phi) is 6.20. The van der Waals surface area contributed by atoms with E-state index in [1.54, 1.807) is 23.7 Å². The maximum absolute atomic E-state index is 13.7. The molecule has 1 aliphatic rings. The van der Waals surface area contributed by atoms with Gasteiger partial charge in [-0.25, -0.2) is 13.9 Å². The fourth-order valence-corrected chi connectivity index (χ4v) is 4.40. The third-order valence-electron chi connectivity index (χ3n) is 5.90. The number of hydrogen-bond acceptors (Lipinski definition) is 5. The lowest BCUT2D eigenvalue weighted by Gasteiger charge is -2.35. The second-order valence-electron chi connectivity index (χ2n) is 8.09. The van der Waals surface area contributed by atoms with Crippen LogP contribution in [0.5, 0.6) is 0 Å². The predicted octanol–water partition coefficient (Wildman–Crippen LogP) is 3.22. The Bertz CT molecular complexity index is 1270. The summed E-state index contributed by atoms with van der Waals surface area (Å²) < 4.78 is 29.0. The van der Waals surface area contributed by atoms with Crippen molar-refractivity contribution in [2.75, 3.05) is 11.9 Å². The van der Waals surface area contributed by atoms with Crippen LogP contribution in [-0.2, 0) is 19.5 Å². The van der Waals surface area contributed by atoms with E-state index < -0.39 is 12.0 Å². The molecule has 33 heavy (non-hydrogen) atoms. The molecule has 2 aromatic heterocycles. The SMILES string of the molecule is CNC(=O)c1nn(Cc2ccc(C)cc2C(F)F)c2c1CN(c1cn[nH]c(=O)c1Cl)[C@H](C)C2. The third kappa shape index (κ3) is 4.22. The quantitative estimate of drug-likeness (QED) is 0.589. The molecule has 11 heteroatoms. The molecular formula is C22H23ClF2N6O2. The molecule has 174 valence electrons. The van der Waals surface area contributed by atoms with Crippen LogP contribution < -0.4 is 15.8 Å². The molecule has 0 bridgehead atoms. The van der Waals surface area contributed by atoms with E-state index in [9.17, 15) is 18.4 Å². The first-order chi connectivity index (χ1) is 15.7. The first kappa shape index (κ1) is 22.9. The summed E-state index contributed by atoms with van der Waals surface area (Å²) in [6.07, 6.45) is -0.681. The van der Waals surface area contributed by atoms with Gasteiger partial charge in [0.25, 0.3) is 17.9 Å². The predicted molar refractivity (Wildman–Crippen MR) is 120 cm³/mol. The number of alkyl halides is 2. The first-order valence-corrected chi connectivity index (χ1v) is 10.8. The second-order valence-corrected chi connectivity index (χ2v) is 8.47. The number of carbonyl (C=O) groups is 1.